The van der Waals surface area contributed by atoms with Crippen molar-refractivity contribution in [3.8, 4) is 12.3 Å². The molecule has 0 heterocycles. The van der Waals surface area contributed by atoms with Crippen LogP contribution in [0, 0.1) is 46.8 Å². The Bertz CT molecular complexity index is 599. The lowest BCUT2D eigenvalue weighted by atomic mass is 9.43. The fraction of sp³-hybridized carbons (Fsp3) is 0.905. The first-order valence-corrected chi connectivity index (χ1v) is 9.91. The lowest BCUT2D eigenvalue weighted by molar-refractivity contribution is -0.186. The van der Waals surface area contributed by atoms with Crippen molar-refractivity contribution < 1.29 is 20.4 Å². The Labute approximate surface area is 150 Å². The monoisotopic (exact) mass is 348 g/mol. The smallest absolute Gasteiger partial charge is 0.156 e. The van der Waals surface area contributed by atoms with Gasteiger partial charge in [0.2, 0.25) is 0 Å². The highest BCUT2D eigenvalue weighted by atomic mass is 16.3. The van der Waals surface area contributed by atoms with Crippen molar-refractivity contribution in [2.75, 3.05) is 0 Å². The Morgan fingerprint density at radius 2 is 1.68 bits per heavy atom. The van der Waals surface area contributed by atoms with Crippen LogP contribution >= 0.6 is 0 Å². The van der Waals surface area contributed by atoms with Crippen LogP contribution in [0.3, 0.4) is 0 Å². The number of terminal acetylenes is 1. The molecule has 4 fully saturated rings. The molecule has 0 aromatic heterocycles. The Hall–Kier alpha value is -0.600. The van der Waals surface area contributed by atoms with Gasteiger partial charge in [-0.25, -0.2) is 0 Å². The van der Waals surface area contributed by atoms with E-state index in [1.54, 1.807) is 0 Å². The number of aliphatic hydroxyl groups is 4. The van der Waals surface area contributed by atoms with Gasteiger partial charge in [0.05, 0.1) is 18.3 Å². The van der Waals surface area contributed by atoms with Gasteiger partial charge in [-0.1, -0.05) is 19.8 Å². The summed E-state index contributed by atoms with van der Waals surface area (Å²) in [6.07, 6.45) is 9.57. The summed E-state index contributed by atoms with van der Waals surface area (Å²) in [5.41, 5.74) is -1.91. The third-order valence-corrected chi connectivity index (χ3v) is 9.10. The summed E-state index contributed by atoms with van der Waals surface area (Å²) in [6, 6.07) is 0. The molecule has 0 amide bonds. The van der Waals surface area contributed by atoms with Crippen LogP contribution in [0.1, 0.15) is 58.8 Å². The number of hydrogen-bond acceptors (Lipinski definition) is 4. The SMILES string of the molecule is C#C[C@@]1(O)[C@H](O)CC2C3C(O)C[C@@H]4C[C@H](O)CC[C@]4(C)C3CC[C@@]21C. The van der Waals surface area contributed by atoms with Crippen molar-refractivity contribution in [2.24, 2.45) is 34.5 Å². The first-order chi connectivity index (χ1) is 11.7. The highest BCUT2D eigenvalue weighted by Crippen LogP contribution is 2.68. The quantitative estimate of drug-likeness (QED) is 0.502. The van der Waals surface area contributed by atoms with Crippen LogP contribution in [-0.4, -0.2) is 44.3 Å². The number of aliphatic hydroxyl groups excluding tert-OH is 3. The fourth-order valence-electron chi connectivity index (χ4n) is 7.49. The number of rotatable bonds is 0. The summed E-state index contributed by atoms with van der Waals surface area (Å²) in [4.78, 5) is 0. The molecular weight excluding hydrogens is 316 g/mol. The minimum absolute atomic E-state index is 0.0434. The molecule has 25 heavy (non-hydrogen) atoms. The summed E-state index contributed by atoms with van der Waals surface area (Å²) < 4.78 is 0. The summed E-state index contributed by atoms with van der Waals surface area (Å²) in [5, 5.41) is 42.7. The van der Waals surface area contributed by atoms with E-state index in [4.69, 9.17) is 6.42 Å². The molecule has 0 aliphatic heterocycles. The van der Waals surface area contributed by atoms with Gasteiger partial charge in [0, 0.05) is 5.41 Å². The Morgan fingerprint density at radius 1 is 0.960 bits per heavy atom. The molecule has 0 bridgehead atoms. The van der Waals surface area contributed by atoms with Gasteiger partial charge in [0.15, 0.2) is 5.60 Å². The molecule has 4 unspecified atom stereocenters. The maximum absolute atomic E-state index is 11.0. The lowest BCUT2D eigenvalue weighted by Crippen LogP contribution is -2.60. The minimum atomic E-state index is -1.50. The highest BCUT2D eigenvalue weighted by Gasteiger charge is 2.68. The highest BCUT2D eigenvalue weighted by molar-refractivity contribution is 5.27. The van der Waals surface area contributed by atoms with Gasteiger partial charge in [-0.05, 0) is 74.0 Å². The Kier molecular flexibility index (Phi) is 3.88. The number of hydrogen-bond donors (Lipinski definition) is 4. The van der Waals surface area contributed by atoms with Crippen molar-refractivity contribution in [3.05, 3.63) is 0 Å². The zero-order valence-corrected chi connectivity index (χ0v) is 15.4. The summed E-state index contributed by atoms with van der Waals surface area (Å²) in [5.74, 6) is 3.35. The predicted octanol–water partition coefficient (Wildman–Crippen LogP) is 1.70. The second-order valence-electron chi connectivity index (χ2n) is 9.84. The van der Waals surface area contributed by atoms with E-state index in [2.05, 4.69) is 12.8 Å². The zero-order chi connectivity index (χ0) is 18.2. The molecule has 4 N–H and O–H groups in total. The van der Waals surface area contributed by atoms with Gasteiger partial charge in [0.1, 0.15) is 0 Å². The van der Waals surface area contributed by atoms with Gasteiger partial charge in [-0.2, -0.15) is 0 Å². The molecule has 4 aliphatic rings. The second-order valence-corrected chi connectivity index (χ2v) is 9.84. The van der Waals surface area contributed by atoms with Gasteiger partial charge in [-0.3, -0.25) is 0 Å². The van der Waals surface area contributed by atoms with Gasteiger partial charge < -0.3 is 20.4 Å². The molecule has 0 aromatic rings. The topological polar surface area (TPSA) is 80.9 Å². The molecule has 10 atom stereocenters. The van der Waals surface area contributed by atoms with Crippen molar-refractivity contribution in [2.45, 2.75) is 82.7 Å². The van der Waals surface area contributed by atoms with E-state index in [1.165, 1.54) is 0 Å². The molecule has 0 radical (unpaired) electrons. The Morgan fingerprint density at radius 3 is 2.36 bits per heavy atom. The predicted molar refractivity (Wildman–Crippen MR) is 94.3 cm³/mol. The first-order valence-electron chi connectivity index (χ1n) is 9.91. The molecular formula is C21H32O4. The van der Waals surface area contributed by atoms with Crippen molar-refractivity contribution >= 4 is 0 Å². The van der Waals surface area contributed by atoms with Crippen molar-refractivity contribution in [1.29, 1.82) is 0 Å². The average Bonchev–Trinajstić information content (AvgIpc) is 2.77. The largest absolute Gasteiger partial charge is 0.393 e. The normalized spacial score (nSPS) is 60.9. The van der Waals surface area contributed by atoms with Gasteiger partial charge in [-0.15, -0.1) is 6.42 Å². The third kappa shape index (κ3) is 2.10. The van der Waals surface area contributed by atoms with E-state index in [-0.39, 0.29) is 23.4 Å². The summed E-state index contributed by atoms with van der Waals surface area (Å²) in [7, 11) is 0. The second kappa shape index (κ2) is 5.45. The molecule has 4 saturated carbocycles. The van der Waals surface area contributed by atoms with E-state index >= 15 is 0 Å². The average molecular weight is 348 g/mol. The van der Waals surface area contributed by atoms with Crippen LogP contribution in [0.2, 0.25) is 0 Å². The van der Waals surface area contributed by atoms with E-state index in [0.717, 1.165) is 32.1 Å². The van der Waals surface area contributed by atoms with E-state index in [9.17, 15) is 20.4 Å². The van der Waals surface area contributed by atoms with Crippen LogP contribution in [0.15, 0.2) is 0 Å². The fourth-order valence-corrected chi connectivity index (χ4v) is 7.49. The number of fused-ring (bicyclic) bond motifs is 5. The lowest BCUT2D eigenvalue weighted by Gasteiger charge is -2.62. The van der Waals surface area contributed by atoms with E-state index < -0.39 is 23.2 Å². The van der Waals surface area contributed by atoms with Crippen LogP contribution in [0.25, 0.3) is 0 Å². The minimum Gasteiger partial charge on any atom is -0.393 e. The van der Waals surface area contributed by atoms with Gasteiger partial charge in [0.25, 0.3) is 0 Å². The summed E-state index contributed by atoms with van der Waals surface area (Å²) >= 11 is 0. The molecule has 4 aliphatic carbocycles. The van der Waals surface area contributed by atoms with Crippen molar-refractivity contribution in [1.82, 2.24) is 0 Å². The first kappa shape index (κ1) is 17.8. The molecule has 4 heteroatoms. The van der Waals surface area contributed by atoms with Crippen LogP contribution < -0.4 is 0 Å². The van der Waals surface area contributed by atoms with Crippen LogP contribution in [0.5, 0.6) is 0 Å². The Balaban J connectivity index is 1.72. The maximum atomic E-state index is 11.0. The molecule has 4 rings (SSSR count). The van der Waals surface area contributed by atoms with Crippen molar-refractivity contribution in [3.63, 3.8) is 0 Å². The molecule has 0 aromatic carbocycles. The zero-order valence-electron chi connectivity index (χ0n) is 15.4. The van der Waals surface area contributed by atoms with Crippen LogP contribution in [0.4, 0.5) is 0 Å². The van der Waals surface area contributed by atoms with Crippen LogP contribution in [-0.2, 0) is 0 Å². The molecule has 4 nitrogen and oxygen atoms in total. The summed E-state index contributed by atoms with van der Waals surface area (Å²) in [6.45, 7) is 4.35. The third-order valence-electron chi connectivity index (χ3n) is 9.10. The van der Waals surface area contributed by atoms with E-state index in [0.29, 0.717) is 24.7 Å². The molecule has 140 valence electrons. The van der Waals surface area contributed by atoms with Gasteiger partial charge >= 0.3 is 0 Å². The maximum Gasteiger partial charge on any atom is 0.156 e. The standard InChI is InChI=1S/C21H32O4/c1-4-21(25)17(24)11-15-18-14(6-8-20(15,21)3)19(2)7-5-13(22)9-12(19)10-16(18)23/h1,12-18,22-25H,5-11H2,2-3H3/t12-,13+,14?,15?,16?,17+,18?,19-,20-,21+/m0/s1. The molecule has 0 spiro atoms. The molecule has 0 saturated heterocycles. The van der Waals surface area contributed by atoms with E-state index in [1.807, 2.05) is 6.92 Å².